The summed E-state index contributed by atoms with van der Waals surface area (Å²) in [6, 6.07) is 11.0. The molecule has 1 aliphatic rings. The zero-order valence-electron chi connectivity index (χ0n) is 17.8. The van der Waals surface area contributed by atoms with E-state index in [-0.39, 0.29) is 24.0 Å². The van der Waals surface area contributed by atoms with E-state index < -0.39 is 0 Å². The van der Waals surface area contributed by atoms with Crippen molar-refractivity contribution in [2.24, 2.45) is 4.99 Å². The molecule has 29 heavy (non-hydrogen) atoms. The molecule has 0 spiro atoms. The maximum Gasteiger partial charge on any atom is 0.191 e. The molecular weight excluding hydrogens is 495 g/mol. The molecule has 1 saturated heterocycles. The van der Waals surface area contributed by atoms with Crippen molar-refractivity contribution in [2.45, 2.75) is 52.6 Å². The number of nitrogens with one attached hydrogen (secondary N) is 2. The molecule has 0 aliphatic carbocycles. The fourth-order valence-electron chi connectivity index (χ4n) is 3.59. The van der Waals surface area contributed by atoms with E-state index >= 15 is 0 Å². The molecular formula is C22H33IN4OS. The van der Waals surface area contributed by atoms with Crippen LogP contribution in [-0.4, -0.2) is 43.2 Å². The zero-order chi connectivity index (χ0) is 19.9. The van der Waals surface area contributed by atoms with Crippen LogP contribution in [0.4, 0.5) is 0 Å². The van der Waals surface area contributed by atoms with Gasteiger partial charge in [0.05, 0.1) is 18.8 Å². The van der Waals surface area contributed by atoms with Crippen LogP contribution in [-0.2, 0) is 24.4 Å². The summed E-state index contributed by atoms with van der Waals surface area (Å²) < 4.78 is 5.82. The van der Waals surface area contributed by atoms with E-state index in [4.69, 9.17) is 4.74 Å². The highest BCUT2D eigenvalue weighted by Gasteiger charge is 2.21. The topological polar surface area (TPSA) is 48.9 Å². The average molecular weight is 529 g/mol. The van der Waals surface area contributed by atoms with Gasteiger partial charge < -0.3 is 15.4 Å². The molecule has 2 heterocycles. The Balaban J connectivity index is 0.00000300. The van der Waals surface area contributed by atoms with E-state index in [0.29, 0.717) is 12.2 Å². The number of halogens is 1. The minimum Gasteiger partial charge on any atom is -0.373 e. The van der Waals surface area contributed by atoms with Crippen molar-refractivity contribution >= 4 is 41.3 Å². The van der Waals surface area contributed by atoms with Crippen LogP contribution in [0, 0.1) is 6.92 Å². The molecule has 3 rings (SSSR count). The van der Waals surface area contributed by atoms with Gasteiger partial charge in [0.1, 0.15) is 0 Å². The van der Waals surface area contributed by atoms with E-state index in [1.807, 2.05) is 7.05 Å². The van der Waals surface area contributed by atoms with Gasteiger partial charge in [0.25, 0.3) is 0 Å². The first-order chi connectivity index (χ1) is 13.5. The quantitative estimate of drug-likeness (QED) is 0.336. The summed E-state index contributed by atoms with van der Waals surface area (Å²) >= 11 is 1.78. The highest BCUT2D eigenvalue weighted by Crippen LogP contribution is 2.16. The smallest absolute Gasteiger partial charge is 0.191 e. The molecule has 5 nitrogen and oxygen atoms in total. The molecule has 2 unspecified atom stereocenters. The van der Waals surface area contributed by atoms with Crippen LogP contribution in [0.5, 0.6) is 0 Å². The number of hydrogen-bond acceptors (Lipinski definition) is 4. The number of aliphatic imine (C=N–C) groups is 1. The number of nitrogens with zero attached hydrogens (tertiary/aromatic N) is 2. The summed E-state index contributed by atoms with van der Waals surface area (Å²) in [6.45, 7) is 11.0. The van der Waals surface area contributed by atoms with Crippen molar-refractivity contribution in [1.82, 2.24) is 15.5 Å². The molecule has 0 radical (unpaired) electrons. The normalized spacial score (nSPS) is 20.2. The van der Waals surface area contributed by atoms with E-state index in [9.17, 15) is 0 Å². The summed E-state index contributed by atoms with van der Waals surface area (Å²) in [5.41, 5.74) is 3.93. The van der Waals surface area contributed by atoms with Gasteiger partial charge >= 0.3 is 0 Å². The standard InChI is InChI=1S/C22H32N4OS.HI/c1-16-9-10-28-21(16)12-25-22(23-4)24-11-19-5-7-20(8-6-19)15-26-13-17(2)27-18(3)14-26;/h5-10,17-18H,11-15H2,1-4H3,(H2,23,24,25);1H. The lowest BCUT2D eigenvalue weighted by molar-refractivity contribution is -0.0704. The largest absolute Gasteiger partial charge is 0.373 e. The molecule has 0 saturated carbocycles. The van der Waals surface area contributed by atoms with Gasteiger partial charge in [-0.25, -0.2) is 0 Å². The monoisotopic (exact) mass is 528 g/mol. The third kappa shape index (κ3) is 7.55. The molecule has 7 heteroatoms. The Morgan fingerprint density at radius 2 is 1.69 bits per heavy atom. The first kappa shape index (κ1) is 24.1. The molecule has 1 aliphatic heterocycles. The Bertz CT molecular complexity index is 767. The van der Waals surface area contributed by atoms with Crippen LogP contribution in [0.2, 0.25) is 0 Å². The number of rotatable bonds is 6. The molecule has 1 aromatic carbocycles. The van der Waals surface area contributed by atoms with Gasteiger partial charge in [-0.05, 0) is 48.9 Å². The van der Waals surface area contributed by atoms with E-state index in [1.165, 1.54) is 21.6 Å². The van der Waals surface area contributed by atoms with Gasteiger partial charge in [-0.3, -0.25) is 9.89 Å². The van der Waals surface area contributed by atoms with Gasteiger partial charge in [-0.2, -0.15) is 0 Å². The van der Waals surface area contributed by atoms with Gasteiger partial charge in [0.2, 0.25) is 0 Å². The van der Waals surface area contributed by atoms with Crippen LogP contribution >= 0.6 is 35.3 Å². The molecule has 2 atom stereocenters. The summed E-state index contributed by atoms with van der Waals surface area (Å²) in [5.74, 6) is 0.827. The SMILES string of the molecule is CN=C(NCc1ccc(CN2CC(C)OC(C)C2)cc1)NCc1sccc1C.I. The molecule has 2 N–H and O–H groups in total. The average Bonchev–Trinajstić information content (AvgIpc) is 3.07. The number of benzene rings is 1. The molecule has 0 amide bonds. The molecule has 1 fully saturated rings. The number of thiophene rings is 1. The molecule has 0 bridgehead atoms. The third-order valence-electron chi connectivity index (χ3n) is 4.99. The molecule has 160 valence electrons. The predicted molar refractivity (Wildman–Crippen MR) is 133 cm³/mol. The minimum absolute atomic E-state index is 0. The first-order valence-electron chi connectivity index (χ1n) is 9.96. The number of morpholine rings is 1. The summed E-state index contributed by atoms with van der Waals surface area (Å²) in [7, 11) is 1.81. The van der Waals surface area contributed by atoms with Crippen LogP contribution in [0.15, 0.2) is 40.7 Å². The van der Waals surface area contributed by atoms with E-state index in [0.717, 1.165) is 38.7 Å². The Kier molecular flexibility index (Phi) is 9.88. The van der Waals surface area contributed by atoms with Crippen LogP contribution < -0.4 is 10.6 Å². The van der Waals surface area contributed by atoms with E-state index in [2.05, 4.69) is 77.0 Å². The maximum atomic E-state index is 5.82. The van der Waals surface area contributed by atoms with Crippen LogP contribution in [0.25, 0.3) is 0 Å². The highest BCUT2D eigenvalue weighted by molar-refractivity contribution is 14.0. The van der Waals surface area contributed by atoms with Crippen molar-refractivity contribution in [2.75, 3.05) is 20.1 Å². The Hall–Kier alpha value is -1.16. The van der Waals surface area contributed by atoms with Gasteiger partial charge in [-0.1, -0.05) is 24.3 Å². The van der Waals surface area contributed by atoms with Crippen molar-refractivity contribution < 1.29 is 4.74 Å². The van der Waals surface area contributed by atoms with Crippen LogP contribution in [0.3, 0.4) is 0 Å². The number of aryl methyl sites for hydroxylation is 1. The Morgan fingerprint density at radius 1 is 1.07 bits per heavy atom. The minimum atomic E-state index is 0. The lowest BCUT2D eigenvalue weighted by Crippen LogP contribution is -2.44. The second kappa shape index (κ2) is 11.9. The van der Waals surface area contributed by atoms with Crippen LogP contribution in [0.1, 0.15) is 35.4 Å². The van der Waals surface area contributed by atoms with E-state index in [1.54, 1.807) is 11.3 Å². The van der Waals surface area contributed by atoms with Crippen molar-refractivity contribution in [3.05, 3.63) is 57.3 Å². The number of ether oxygens (including phenoxy) is 1. The summed E-state index contributed by atoms with van der Waals surface area (Å²) in [4.78, 5) is 8.14. The lowest BCUT2D eigenvalue weighted by Gasteiger charge is -2.35. The highest BCUT2D eigenvalue weighted by atomic mass is 127. The first-order valence-corrected chi connectivity index (χ1v) is 10.8. The molecule has 1 aromatic heterocycles. The second-order valence-corrected chi connectivity index (χ2v) is 8.57. The number of guanidine groups is 1. The summed E-state index contributed by atoms with van der Waals surface area (Å²) in [5, 5.41) is 8.91. The maximum absolute atomic E-state index is 5.82. The second-order valence-electron chi connectivity index (χ2n) is 7.57. The molecule has 2 aromatic rings. The fourth-order valence-corrected chi connectivity index (χ4v) is 4.44. The fraction of sp³-hybridized carbons (Fsp3) is 0.500. The Morgan fingerprint density at radius 3 is 2.28 bits per heavy atom. The van der Waals surface area contributed by atoms with Crippen molar-refractivity contribution in [1.29, 1.82) is 0 Å². The number of hydrogen-bond donors (Lipinski definition) is 2. The van der Waals surface area contributed by atoms with Gasteiger partial charge in [-0.15, -0.1) is 35.3 Å². The Labute approximate surface area is 196 Å². The lowest BCUT2D eigenvalue weighted by atomic mass is 10.1. The predicted octanol–water partition coefficient (Wildman–Crippen LogP) is 4.15. The van der Waals surface area contributed by atoms with Crippen molar-refractivity contribution in [3.8, 4) is 0 Å². The zero-order valence-corrected chi connectivity index (χ0v) is 20.9. The third-order valence-corrected chi connectivity index (χ3v) is 6.02. The van der Waals surface area contributed by atoms with Gasteiger partial charge in [0, 0.05) is 38.1 Å². The van der Waals surface area contributed by atoms with Gasteiger partial charge in [0.15, 0.2) is 5.96 Å². The summed E-state index contributed by atoms with van der Waals surface area (Å²) in [6.07, 6.45) is 0.619. The van der Waals surface area contributed by atoms with Crippen molar-refractivity contribution in [3.63, 3.8) is 0 Å².